The van der Waals surface area contributed by atoms with E-state index in [1.54, 1.807) is 19.1 Å². The van der Waals surface area contributed by atoms with Gasteiger partial charge in [-0.2, -0.15) is 0 Å². The predicted molar refractivity (Wildman–Crippen MR) is 60.7 cm³/mol. The van der Waals surface area contributed by atoms with Crippen molar-refractivity contribution in [1.29, 1.82) is 0 Å². The molecule has 1 atom stereocenters. The van der Waals surface area contributed by atoms with Crippen LogP contribution in [0.1, 0.15) is 36.5 Å². The third kappa shape index (κ3) is 2.83. The van der Waals surface area contributed by atoms with Crippen molar-refractivity contribution in [2.24, 2.45) is 0 Å². The Hall–Kier alpha value is -1.35. The van der Waals surface area contributed by atoms with Gasteiger partial charge in [0.15, 0.2) is 12.1 Å². The van der Waals surface area contributed by atoms with E-state index in [0.29, 0.717) is 11.3 Å². The van der Waals surface area contributed by atoms with Crippen molar-refractivity contribution in [1.82, 2.24) is 0 Å². The molecule has 3 heteroatoms. The SMILES string of the molecule is CC(=O)c1cccc(OC2CCCCO2)c1. The van der Waals surface area contributed by atoms with Gasteiger partial charge in [-0.1, -0.05) is 12.1 Å². The molecule has 2 rings (SSSR count). The summed E-state index contributed by atoms with van der Waals surface area (Å²) in [6.07, 6.45) is 3.00. The molecule has 1 aliphatic heterocycles. The van der Waals surface area contributed by atoms with Crippen molar-refractivity contribution >= 4 is 5.78 Å². The first-order valence-corrected chi connectivity index (χ1v) is 5.65. The van der Waals surface area contributed by atoms with E-state index in [0.717, 1.165) is 25.9 Å². The third-order valence-corrected chi connectivity index (χ3v) is 2.65. The van der Waals surface area contributed by atoms with Gasteiger partial charge in [0.2, 0.25) is 0 Å². The van der Waals surface area contributed by atoms with E-state index in [1.165, 1.54) is 0 Å². The zero-order valence-corrected chi connectivity index (χ0v) is 9.44. The summed E-state index contributed by atoms with van der Waals surface area (Å²) >= 11 is 0. The van der Waals surface area contributed by atoms with Crippen molar-refractivity contribution in [3.63, 3.8) is 0 Å². The molecule has 3 nitrogen and oxygen atoms in total. The average molecular weight is 220 g/mol. The number of rotatable bonds is 3. The Morgan fingerprint density at radius 1 is 1.44 bits per heavy atom. The van der Waals surface area contributed by atoms with Crippen molar-refractivity contribution < 1.29 is 14.3 Å². The minimum atomic E-state index is -0.157. The fraction of sp³-hybridized carbons (Fsp3) is 0.462. The summed E-state index contributed by atoms with van der Waals surface area (Å²) in [6.45, 7) is 2.31. The molecule has 1 saturated heterocycles. The second-order valence-corrected chi connectivity index (χ2v) is 4.00. The molecular formula is C13H16O3. The van der Waals surface area contributed by atoms with E-state index >= 15 is 0 Å². The van der Waals surface area contributed by atoms with Crippen molar-refractivity contribution in [2.45, 2.75) is 32.5 Å². The minimum Gasteiger partial charge on any atom is -0.465 e. The highest BCUT2D eigenvalue weighted by molar-refractivity contribution is 5.94. The van der Waals surface area contributed by atoms with Crippen LogP contribution in [-0.2, 0) is 4.74 Å². The fourth-order valence-electron chi connectivity index (χ4n) is 1.74. The molecule has 0 bridgehead atoms. The molecule has 0 radical (unpaired) electrons. The van der Waals surface area contributed by atoms with Gasteiger partial charge in [-0.05, 0) is 31.9 Å². The maximum Gasteiger partial charge on any atom is 0.199 e. The van der Waals surface area contributed by atoms with Gasteiger partial charge < -0.3 is 9.47 Å². The van der Waals surface area contributed by atoms with Crippen LogP contribution in [0.3, 0.4) is 0 Å². The number of ketones is 1. The molecule has 0 amide bonds. The standard InChI is InChI=1S/C13H16O3/c1-10(14)11-5-4-6-12(9-11)16-13-7-2-3-8-15-13/h4-6,9,13H,2-3,7-8H2,1H3. The Labute approximate surface area is 95.4 Å². The lowest BCUT2D eigenvalue weighted by atomic mass is 10.1. The molecular weight excluding hydrogens is 204 g/mol. The minimum absolute atomic E-state index is 0.0509. The fourth-order valence-corrected chi connectivity index (χ4v) is 1.74. The largest absolute Gasteiger partial charge is 0.465 e. The smallest absolute Gasteiger partial charge is 0.199 e. The highest BCUT2D eigenvalue weighted by atomic mass is 16.7. The van der Waals surface area contributed by atoms with Crippen LogP contribution < -0.4 is 4.74 Å². The van der Waals surface area contributed by atoms with Gasteiger partial charge in [-0.15, -0.1) is 0 Å². The molecule has 0 spiro atoms. The van der Waals surface area contributed by atoms with Gasteiger partial charge in [0.05, 0.1) is 6.61 Å². The van der Waals surface area contributed by atoms with Gasteiger partial charge in [-0.3, -0.25) is 4.79 Å². The summed E-state index contributed by atoms with van der Waals surface area (Å²) < 4.78 is 11.1. The third-order valence-electron chi connectivity index (χ3n) is 2.65. The second kappa shape index (κ2) is 5.12. The number of benzene rings is 1. The van der Waals surface area contributed by atoms with Gasteiger partial charge in [0.1, 0.15) is 5.75 Å². The zero-order valence-electron chi connectivity index (χ0n) is 9.44. The van der Waals surface area contributed by atoms with Crippen molar-refractivity contribution in [3.8, 4) is 5.75 Å². The highest BCUT2D eigenvalue weighted by Gasteiger charge is 2.15. The topological polar surface area (TPSA) is 35.5 Å². The molecule has 1 heterocycles. The summed E-state index contributed by atoms with van der Waals surface area (Å²) in [4.78, 5) is 11.2. The molecule has 0 aliphatic carbocycles. The van der Waals surface area contributed by atoms with E-state index in [9.17, 15) is 4.79 Å². The Morgan fingerprint density at radius 2 is 2.31 bits per heavy atom. The zero-order chi connectivity index (χ0) is 11.4. The van der Waals surface area contributed by atoms with Crippen molar-refractivity contribution in [3.05, 3.63) is 29.8 Å². The van der Waals surface area contributed by atoms with Gasteiger partial charge in [0.25, 0.3) is 0 Å². The summed E-state index contributed by atoms with van der Waals surface area (Å²) in [5, 5.41) is 0. The van der Waals surface area contributed by atoms with Crippen LogP contribution in [0, 0.1) is 0 Å². The van der Waals surface area contributed by atoms with Crippen LogP contribution >= 0.6 is 0 Å². The molecule has 86 valence electrons. The monoisotopic (exact) mass is 220 g/mol. The first kappa shape index (κ1) is 11.1. The molecule has 1 aromatic carbocycles. The Bertz CT molecular complexity index is 367. The van der Waals surface area contributed by atoms with Crippen LogP contribution in [0.2, 0.25) is 0 Å². The number of ether oxygens (including phenoxy) is 2. The van der Waals surface area contributed by atoms with Crippen molar-refractivity contribution in [2.75, 3.05) is 6.61 Å². The van der Waals surface area contributed by atoms with Crippen LogP contribution in [0.4, 0.5) is 0 Å². The van der Waals surface area contributed by atoms with E-state index in [-0.39, 0.29) is 12.1 Å². The van der Waals surface area contributed by atoms with E-state index in [2.05, 4.69) is 0 Å². The van der Waals surface area contributed by atoms with E-state index < -0.39 is 0 Å². The van der Waals surface area contributed by atoms with Crippen LogP contribution in [0.15, 0.2) is 24.3 Å². The molecule has 0 saturated carbocycles. The number of hydrogen-bond donors (Lipinski definition) is 0. The second-order valence-electron chi connectivity index (χ2n) is 4.00. The predicted octanol–water partition coefficient (Wildman–Crippen LogP) is 2.79. The molecule has 1 unspecified atom stereocenters. The molecule has 0 aromatic heterocycles. The molecule has 1 fully saturated rings. The molecule has 0 N–H and O–H groups in total. The molecule has 1 aliphatic rings. The van der Waals surface area contributed by atoms with E-state index in [4.69, 9.17) is 9.47 Å². The maximum atomic E-state index is 11.2. The van der Waals surface area contributed by atoms with Gasteiger partial charge in [-0.25, -0.2) is 0 Å². The van der Waals surface area contributed by atoms with E-state index in [1.807, 2.05) is 12.1 Å². The first-order valence-electron chi connectivity index (χ1n) is 5.65. The average Bonchev–Trinajstić information content (AvgIpc) is 2.30. The Balaban J connectivity index is 2.02. The van der Waals surface area contributed by atoms with Gasteiger partial charge >= 0.3 is 0 Å². The summed E-state index contributed by atoms with van der Waals surface area (Å²) in [7, 11) is 0. The van der Waals surface area contributed by atoms with Crippen LogP contribution in [0.5, 0.6) is 5.75 Å². The summed E-state index contributed by atoms with van der Waals surface area (Å²) in [5.74, 6) is 0.759. The van der Waals surface area contributed by atoms with Crippen LogP contribution in [-0.4, -0.2) is 18.7 Å². The summed E-state index contributed by atoms with van der Waals surface area (Å²) in [6, 6.07) is 7.23. The lowest BCUT2D eigenvalue weighted by Gasteiger charge is -2.23. The number of carbonyl (C=O) groups excluding carboxylic acids is 1. The number of Topliss-reactive ketones (excluding diaryl/α,β-unsaturated/α-hetero) is 1. The Kier molecular flexibility index (Phi) is 3.57. The molecule has 1 aromatic rings. The molecule has 16 heavy (non-hydrogen) atoms. The van der Waals surface area contributed by atoms with Crippen LogP contribution in [0.25, 0.3) is 0 Å². The first-order chi connectivity index (χ1) is 7.75. The number of carbonyl (C=O) groups is 1. The van der Waals surface area contributed by atoms with Gasteiger partial charge in [0, 0.05) is 12.0 Å². The highest BCUT2D eigenvalue weighted by Crippen LogP contribution is 2.20. The summed E-state index contributed by atoms with van der Waals surface area (Å²) in [5.41, 5.74) is 0.674. The maximum absolute atomic E-state index is 11.2. The lowest BCUT2D eigenvalue weighted by Crippen LogP contribution is -2.25. The normalized spacial score (nSPS) is 20.4. The number of hydrogen-bond acceptors (Lipinski definition) is 3. The quantitative estimate of drug-likeness (QED) is 0.735. The Morgan fingerprint density at radius 3 is 3.00 bits per heavy atom. The lowest BCUT2D eigenvalue weighted by molar-refractivity contribution is -0.105.